The van der Waals surface area contributed by atoms with E-state index in [1.807, 2.05) is 0 Å². The van der Waals surface area contributed by atoms with Gasteiger partial charge in [-0.15, -0.1) is 0 Å². The molecule has 0 aliphatic rings. The Kier molecular flexibility index (Phi) is 7.40. The Morgan fingerprint density at radius 2 is 0.970 bits per heavy atom. The minimum absolute atomic E-state index is 0.969. The molecule has 0 radical (unpaired) electrons. The molecule has 0 fully saturated rings. The molecule has 2 heteroatoms. The molecular weight excluding hydrogens is 400 g/mol. The number of allylic oxidation sites excluding steroid dienone is 3. The first-order chi connectivity index (χ1) is 16.3. The van der Waals surface area contributed by atoms with E-state index in [0.29, 0.717) is 0 Å². The topological polar surface area (TPSA) is 6.48 Å². The molecule has 2 nitrogen and oxygen atoms in total. The number of hydrogen-bond acceptors (Lipinski definition) is 2. The highest BCUT2D eigenvalue weighted by Crippen LogP contribution is 2.37. The van der Waals surface area contributed by atoms with Gasteiger partial charge in [-0.05, 0) is 80.1 Å². The molecule has 0 amide bonds. The molecule has 164 valence electrons. The maximum Gasteiger partial charge on any atom is 0.0463 e. The van der Waals surface area contributed by atoms with Gasteiger partial charge in [0.2, 0.25) is 0 Å². The van der Waals surface area contributed by atoms with Crippen LogP contribution in [0.15, 0.2) is 139 Å². The van der Waals surface area contributed by atoms with Gasteiger partial charge in [-0.2, -0.15) is 0 Å². The second-order valence-corrected chi connectivity index (χ2v) is 7.73. The van der Waals surface area contributed by atoms with E-state index in [1.165, 1.54) is 5.70 Å². The average molecular weight is 431 g/mol. The van der Waals surface area contributed by atoms with E-state index in [0.717, 1.165) is 34.9 Å². The van der Waals surface area contributed by atoms with Crippen LogP contribution in [0, 0.1) is 0 Å². The van der Waals surface area contributed by atoms with Crippen molar-refractivity contribution in [3.8, 4) is 0 Å². The van der Waals surface area contributed by atoms with Crippen LogP contribution in [0.3, 0.4) is 0 Å². The molecule has 0 unspecified atom stereocenters. The molecule has 0 heterocycles. The Hall–Kier alpha value is -4.04. The molecule has 0 aliphatic carbocycles. The van der Waals surface area contributed by atoms with Crippen LogP contribution in [-0.4, -0.2) is 0 Å². The minimum atomic E-state index is 0.969. The summed E-state index contributed by atoms with van der Waals surface area (Å²) >= 11 is 0. The van der Waals surface area contributed by atoms with Crippen molar-refractivity contribution in [1.82, 2.24) is 0 Å². The minimum Gasteiger partial charge on any atom is -0.311 e. The van der Waals surface area contributed by atoms with Gasteiger partial charge in [-0.25, -0.2) is 0 Å². The quantitative estimate of drug-likeness (QED) is 0.257. The molecule has 0 saturated carbocycles. The van der Waals surface area contributed by atoms with Gasteiger partial charge < -0.3 is 9.80 Å². The van der Waals surface area contributed by atoms with Crippen molar-refractivity contribution in [1.29, 1.82) is 0 Å². The Bertz CT molecular complexity index is 1140. The van der Waals surface area contributed by atoms with Crippen LogP contribution < -0.4 is 9.80 Å². The number of anilines is 5. The van der Waals surface area contributed by atoms with E-state index in [-0.39, 0.29) is 0 Å². The van der Waals surface area contributed by atoms with Gasteiger partial charge in [0.05, 0.1) is 0 Å². The van der Waals surface area contributed by atoms with Crippen molar-refractivity contribution in [3.05, 3.63) is 139 Å². The molecule has 0 spiro atoms. The van der Waals surface area contributed by atoms with Crippen LogP contribution in [0.1, 0.15) is 20.3 Å². The van der Waals surface area contributed by atoms with Crippen molar-refractivity contribution in [2.24, 2.45) is 0 Å². The Labute approximate surface area is 197 Å². The number of nitrogens with zero attached hydrogens (tertiary/aromatic N) is 2. The molecule has 4 rings (SSSR count). The van der Waals surface area contributed by atoms with E-state index < -0.39 is 0 Å². The molecule has 0 atom stereocenters. The largest absolute Gasteiger partial charge is 0.311 e. The smallest absolute Gasteiger partial charge is 0.0463 e. The summed E-state index contributed by atoms with van der Waals surface area (Å²) in [5.74, 6) is 0. The zero-order chi connectivity index (χ0) is 22.9. The molecular formula is C31H30N2. The van der Waals surface area contributed by atoms with Crippen LogP contribution in [0.25, 0.3) is 0 Å². The third kappa shape index (κ3) is 5.24. The third-order valence-corrected chi connectivity index (χ3v) is 5.42. The number of para-hydroxylation sites is 3. The van der Waals surface area contributed by atoms with Gasteiger partial charge in [-0.3, -0.25) is 0 Å². The molecule has 0 aliphatic heterocycles. The highest BCUT2D eigenvalue weighted by molar-refractivity contribution is 5.79. The first-order valence-electron chi connectivity index (χ1n) is 11.5. The van der Waals surface area contributed by atoms with Crippen LogP contribution in [0.5, 0.6) is 0 Å². The van der Waals surface area contributed by atoms with Crippen molar-refractivity contribution >= 4 is 28.4 Å². The summed E-state index contributed by atoms with van der Waals surface area (Å²) in [5, 5.41) is 0. The Morgan fingerprint density at radius 3 is 1.42 bits per heavy atom. The van der Waals surface area contributed by atoms with E-state index in [4.69, 9.17) is 0 Å². The first kappa shape index (κ1) is 22.2. The van der Waals surface area contributed by atoms with E-state index in [2.05, 4.69) is 157 Å². The standard InChI is InChI=1S/C31H30N2/c1-3-14-26(15-4-2)32(27-16-8-5-9-17-27)30-22-24-31(25-23-30)33(28-18-10-6-11-19-28)29-20-12-7-13-21-29/h3,5-25H,4H2,1-2H3/b14-3-,26-15+. The van der Waals surface area contributed by atoms with Crippen LogP contribution >= 0.6 is 0 Å². The summed E-state index contributed by atoms with van der Waals surface area (Å²) in [4.78, 5) is 4.59. The summed E-state index contributed by atoms with van der Waals surface area (Å²) in [6, 6.07) is 40.3. The molecule has 33 heavy (non-hydrogen) atoms. The SMILES string of the molecule is C/C=C\C(=C/CC)N(c1ccccc1)c1ccc(N(c2ccccc2)c2ccccc2)cc1. The molecule has 0 aromatic heterocycles. The van der Waals surface area contributed by atoms with Gasteiger partial charge in [0.1, 0.15) is 0 Å². The van der Waals surface area contributed by atoms with Crippen LogP contribution in [-0.2, 0) is 0 Å². The van der Waals surface area contributed by atoms with E-state index in [1.54, 1.807) is 0 Å². The number of benzene rings is 4. The lowest BCUT2D eigenvalue weighted by Crippen LogP contribution is -2.15. The molecule has 4 aromatic rings. The predicted octanol–water partition coefficient (Wildman–Crippen LogP) is 9.16. The van der Waals surface area contributed by atoms with Crippen molar-refractivity contribution in [3.63, 3.8) is 0 Å². The summed E-state index contributed by atoms with van der Waals surface area (Å²) < 4.78 is 0. The Morgan fingerprint density at radius 1 is 0.576 bits per heavy atom. The summed E-state index contributed by atoms with van der Waals surface area (Å²) in [7, 11) is 0. The van der Waals surface area contributed by atoms with E-state index >= 15 is 0 Å². The van der Waals surface area contributed by atoms with Gasteiger partial charge in [0.15, 0.2) is 0 Å². The summed E-state index contributed by atoms with van der Waals surface area (Å²) in [5.41, 5.74) is 6.83. The normalized spacial score (nSPS) is 11.5. The zero-order valence-corrected chi connectivity index (χ0v) is 19.3. The number of hydrogen-bond donors (Lipinski definition) is 0. The molecule has 0 bridgehead atoms. The monoisotopic (exact) mass is 430 g/mol. The fraction of sp³-hybridized carbons (Fsp3) is 0.0968. The summed E-state index contributed by atoms with van der Waals surface area (Å²) in [6.45, 7) is 4.24. The molecule has 4 aromatic carbocycles. The molecule has 0 saturated heterocycles. The van der Waals surface area contributed by atoms with Gasteiger partial charge in [0, 0.05) is 34.1 Å². The summed E-state index contributed by atoms with van der Waals surface area (Å²) in [6.07, 6.45) is 7.50. The highest BCUT2D eigenvalue weighted by Gasteiger charge is 2.15. The van der Waals surface area contributed by atoms with Gasteiger partial charge in [-0.1, -0.05) is 73.7 Å². The third-order valence-electron chi connectivity index (χ3n) is 5.42. The second kappa shape index (κ2) is 11.0. The highest BCUT2D eigenvalue weighted by atomic mass is 15.2. The lowest BCUT2D eigenvalue weighted by Gasteiger charge is -2.29. The van der Waals surface area contributed by atoms with Gasteiger partial charge in [0.25, 0.3) is 0 Å². The maximum absolute atomic E-state index is 2.31. The fourth-order valence-corrected chi connectivity index (χ4v) is 3.99. The van der Waals surface area contributed by atoms with Gasteiger partial charge >= 0.3 is 0 Å². The van der Waals surface area contributed by atoms with E-state index in [9.17, 15) is 0 Å². The van der Waals surface area contributed by atoms with Crippen LogP contribution in [0.4, 0.5) is 28.4 Å². The molecule has 0 N–H and O–H groups in total. The van der Waals surface area contributed by atoms with Crippen molar-refractivity contribution in [2.75, 3.05) is 9.80 Å². The zero-order valence-electron chi connectivity index (χ0n) is 19.3. The average Bonchev–Trinajstić information content (AvgIpc) is 2.88. The predicted molar refractivity (Wildman–Crippen MR) is 143 cm³/mol. The maximum atomic E-state index is 2.31. The van der Waals surface area contributed by atoms with Crippen molar-refractivity contribution < 1.29 is 0 Å². The Balaban J connectivity index is 1.78. The fourth-order valence-electron chi connectivity index (χ4n) is 3.99. The first-order valence-corrected chi connectivity index (χ1v) is 11.5. The lowest BCUT2D eigenvalue weighted by molar-refractivity contribution is 1.13. The number of rotatable bonds is 8. The second-order valence-electron chi connectivity index (χ2n) is 7.73. The lowest BCUT2D eigenvalue weighted by atomic mass is 10.1. The van der Waals surface area contributed by atoms with Crippen molar-refractivity contribution in [2.45, 2.75) is 20.3 Å². The van der Waals surface area contributed by atoms with Crippen LogP contribution in [0.2, 0.25) is 0 Å².